The first kappa shape index (κ1) is 25.7. The molecule has 0 aromatic carbocycles. The van der Waals surface area contributed by atoms with Gasteiger partial charge in [-0.2, -0.15) is 0 Å². The number of carbonyl (C=O) groups excluding carboxylic acids is 2. The molecule has 9 heteroatoms. The van der Waals surface area contributed by atoms with Gasteiger partial charge >= 0.3 is 11.9 Å². The maximum atomic E-state index is 13.5. The number of ether oxygens (including phenoxy) is 3. The van der Waals surface area contributed by atoms with Gasteiger partial charge in [0, 0.05) is 6.42 Å². The molecule has 0 N–H and O–H groups in total. The van der Waals surface area contributed by atoms with Crippen LogP contribution in [-0.4, -0.2) is 49.2 Å². The topological polar surface area (TPSA) is 61.8 Å². The van der Waals surface area contributed by atoms with Crippen molar-refractivity contribution in [1.29, 1.82) is 0 Å². The Labute approximate surface area is 169 Å². The summed E-state index contributed by atoms with van der Waals surface area (Å²) >= 11 is 0. The molecule has 1 aliphatic rings. The minimum absolute atomic E-state index is 0.209. The summed E-state index contributed by atoms with van der Waals surface area (Å²) in [6.07, 6.45) is 0.0656. The first-order chi connectivity index (χ1) is 13.3. The Morgan fingerprint density at radius 1 is 0.897 bits per heavy atom. The van der Waals surface area contributed by atoms with E-state index >= 15 is 0 Å². The molecule has 0 amide bonds. The lowest BCUT2D eigenvalue weighted by molar-refractivity contribution is -0.174. The molecule has 29 heavy (non-hydrogen) atoms. The molecule has 0 saturated heterocycles. The molecule has 0 radical (unpaired) electrons. The third-order valence-corrected chi connectivity index (χ3v) is 5.25. The molecular formula is C20H32F4O5. The molecule has 0 atom stereocenters. The average Bonchev–Trinajstić information content (AvgIpc) is 2.65. The predicted molar refractivity (Wildman–Crippen MR) is 97.9 cm³/mol. The first-order valence-corrected chi connectivity index (χ1v) is 10.0. The first-order valence-electron chi connectivity index (χ1n) is 10.0. The summed E-state index contributed by atoms with van der Waals surface area (Å²) in [5.41, 5.74) is -0.541. The highest BCUT2D eigenvalue weighted by molar-refractivity contribution is 5.76. The van der Waals surface area contributed by atoms with Gasteiger partial charge < -0.3 is 14.2 Å². The molecule has 170 valence electrons. The Kier molecular flexibility index (Phi) is 9.37. The van der Waals surface area contributed by atoms with Crippen molar-refractivity contribution in [3.05, 3.63) is 0 Å². The van der Waals surface area contributed by atoms with E-state index in [1.54, 1.807) is 0 Å². The second-order valence-electron chi connectivity index (χ2n) is 8.26. The lowest BCUT2D eigenvalue weighted by Gasteiger charge is -2.30. The Balaban J connectivity index is 2.29. The molecular weight excluding hydrogens is 396 g/mol. The van der Waals surface area contributed by atoms with Crippen LogP contribution in [0.5, 0.6) is 0 Å². The lowest BCUT2D eigenvalue weighted by Crippen LogP contribution is -2.35. The second kappa shape index (κ2) is 10.6. The fourth-order valence-corrected chi connectivity index (χ4v) is 2.74. The van der Waals surface area contributed by atoms with Crippen molar-refractivity contribution in [3.8, 4) is 0 Å². The van der Waals surface area contributed by atoms with Crippen molar-refractivity contribution in [1.82, 2.24) is 0 Å². The molecule has 1 aliphatic carbocycles. The molecule has 0 aromatic rings. The molecule has 1 saturated carbocycles. The molecule has 1 fully saturated rings. The lowest BCUT2D eigenvalue weighted by atomic mass is 9.90. The van der Waals surface area contributed by atoms with Gasteiger partial charge in [0.25, 0.3) is 11.8 Å². The maximum Gasteiger partial charge on any atom is 0.332 e. The van der Waals surface area contributed by atoms with E-state index < -0.39 is 49.3 Å². The fourth-order valence-electron chi connectivity index (χ4n) is 2.74. The molecule has 5 nitrogen and oxygen atoms in total. The van der Waals surface area contributed by atoms with Gasteiger partial charge in [-0.15, -0.1) is 0 Å². The SMILES string of the molecule is CCC(F)(F)CC(F)(F)COC(=O)COC1CCC(OC(=O)C(C)(C)CC)CC1. The van der Waals surface area contributed by atoms with E-state index in [1.807, 2.05) is 20.8 Å². The minimum atomic E-state index is -3.80. The molecule has 0 aromatic heterocycles. The maximum absolute atomic E-state index is 13.5. The standard InChI is InChI=1S/C20H32F4O5/c1-5-18(3,4)17(26)29-15-9-7-14(8-10-15)27-11-16(25)28-13-20(23,24)12-19(21,22)6-2/h14-15H,5-13H2,1-4H3. The highest BCUT2D eigenvalue weighted by atomic mass is 19.3. The van der Waals surface area contributed by atoms with Crippen molar-refractivity contribution in [2.24, 2.45) is 5.41 Å². The van der Waals surface area contributed by atoms with E-state index in [9.17, 15) is 27.2 Å². The van der Waals surface area contributed by atoms with Gasteiger partial charge in [-0.3, -0.25) is 4.79 Å². The Hall–Kier alpha value is -1.38. The third kappa shape index (κ3) is 9.31. The van der Waals surface area contributed by atoms with Gasteiger partial charge in [-0.05, 0) is 46.0 Å². The van der Waals surface area contributed by atoms with Gasteiger partial charge in [0.1, 0.15) is 12.7 Å². The van der Waals surface area contributed by atoms with Crippen molar-refractivity contribution < 1.29 is 41.4 Å². The highest BCUT2D eigenvalue weighted by Crippen LogP contribution is 2.33. The van der Waals surface area contributed by atoms with Crippen LogP contribution >= 0.6 is 0 Å². The number of halogens is 4. The van der Waals surface area contributed by atoms with Gasteiger partial charge in [-0.1, -0.05) is 13.8 Å². The Morgan fingerprint density at radius 3 is 1.97 bits per heavy atom. The molecule has 1 rings (SSSR count). The van der Waals surface area contributed by atoms with Crippen molar-refractivity contribution in [3.63, 3.8) is 0 Å². The van der Waals surface area contributed by atoms with Gasteiger partial charge in [-0.25, -0.2) is 22.4 Å². The third-order valence-electron chi connectivity index (χ3n) is 5.25. The summed E-state index contributed by atoms with van der Waals surface area (Å²) in [5, 5.41) is 0. The van der Waals surface area contributed by atoms with E-state index in [1.165, 1.54) is 0 Å². The average molecular weight is 428 g/mol. The van der Waals surface area contributed by atoms with Crippen LogP contribution in [-0.2, 0) is 23.8 Å². The molecule has 0 spiro atoms. The summed E-state index contributed by atoms with van der Waals surface area (Å²) in [6, 6.07) is 0. The quantitative estimate of drug-likeness (QED) is 0.346. The van der Waals surface area contributed by atoms with Crippen molar-refractivity contribution in [2.75, 3.05) is 13.2 Å². The predicted octanol–water partition coefficient (Wildman–Crippen LogP) is 4.91. The van der Waals surface area contributed by atoms with Crippen LogP contribution in [0.4, 0.5) is 17.6 Å². The summed E-state index contributed by atoms with van der Waals surface area (Å²) < 4.78 is 68.4. The van der Waals surface area contributed by atoms with Crippen LogP contribution in [0, 0.1) is 5.41 Å². The zero-order valence-electron chi connectivity index (χ0n) is 17.6. The molecule has 0 unspecified atom stereocenters. The summed E-state index contributed by atoms with van der Waals surface area (Å²) in [4.78, 5) is 23.7. The van der Waals surface area contributed by atoms with Crippen LogP contribution in [0.3, 0.4) is 0 Å². The van der Waals surface area contributed by atoms with Crippen LogP contribution in [0.25, 0.3) is 0 Å². The zero-order valence-corrected chi connectivity index (χ0v) is 17.6. The zero-order chi connectivity index (χ0) is 22.3. The van der Waals surface area contributed by atoms with E-state index in [0.29, 0.717) is 32.1 Å². The number of esters is 2. The number of alkyl halides is 4. The smallest absolute Gasteiger partial charge is 0.332 e. The molecule has 0 bridgehead atoms. The monoisotopic (exact) mass is 428 g/mol. The number of hydrogen-bond acceptors (Lipinski definition) is 5. The molecule has 0 aliphatic heterocycles. The Bertz CT molecular complexity index is 543. The number of rotatable bonds is 11. The number of carbonyl (C=O) groups is 2. The summed E-state index contributed by atoms with van der Waals surface area (Å²) in [6.45, 7) is 4.73. The van der Waals surface area contributed by atoms with E-state index in [4.69, 9.17) is 9.47 Å². The number of hydrogen-bond donors (Lipinski definition) is 0. The normalized spacial score (nSPS) is 21.0. The van der Waals surface area contributed by atoms with Crippen LogP contribution in [0.1, 0.15) is 72.6 Å². The van der Waals surface area contributed by atoms with Crippen molar-refractivity contribution in [2.45, 2.75) is 96.7 Å². The van der Waals surface area contributed by atoms with Crippen LogP contribution in [0.15, 0.2) is 0 Å². The highest BCUT2D eigenvalue weighted by Gasteiger charge is 2.43. The van der Waals surface area contributed by atoms with E-state index in [-0.39, 0.29) is 18.2 Å². The Morgan fingerprint density at radius 2 is 1.45 bits per heavy atom. The van der Waals surface area contributed by atoms with Gasteiger partial charge in [0.15, 0.2) is 6.61 Å². The van der Waals surface area contributed by atoms with E-state index in [0.717, 1.165) is 6.92 Å². The van der Waals surface area contributed by atoms with Crippen LogP contribution in [0.2, 0.25) is 0 Å². The second-order valence-corrected chi connectivity index (χ2v) is 8.26. The van der Waals surface area contributed by atoms with E-state index in [2.05, 4.69) is 4.74 Å². The largest absolute Gasteiger partial charge is 0.462 e. The molecule has 0 heterocycles. The van der Waals surface area contributed by atoms with Crippen LogP contribution < -0.4 is 0 Å². The van der Waals surface area contributed by atoms with Gasteiger partial charge in [0.2, 0.25) is 0 Å². The fraction of sp³-hybridized carbons (Fsp3) is 0.900. The van der Waals surface area contributed by atoms with Gasteiger partial charge in [0.05, 0.1) is 17.9 Å². The van der Waals surface area contributed by atoms with Crippen molar-refractivity contribution >= 4 is 11.9 Å². The minimum Gasteiger partial charge on any atom is -0.462 e. The summed E-state index contributed by atoms with van der Waals surface area (Å²) in [5.74, 6) is -8.59. The summed E-state index contributed by atoms with van der Waals surface area (Å²) in [7, 11) is 0.